The first-order valence-corrected chi connectivity index (χ1v) is 4.80. The second kappa shape index (κ2) is 3.46. The zero-order chi connectivity index (χ0) is 9.26. The van der Waals surface area contributed by atoms with Gasteiger partial charge in [0.2, 0.25) is 0 Å². The van der Waals surface area contributed by atoms with Gasteiger partial charge in [-0.15, -0.1) is 0 Å². The molecular formula is C11H14FN. The monoisotopic (exact) mass is 179 g/mol. The predicted octanol–water partition coefficient (Wildman–Crippen LogP) is 2.20. The van der Waals surface area contributed by atoms with Crippen molar-refractivity contribution in [2.45, 2.75) is 19.9 Å². The SMILES string of the molecule is CCN1CCc2cccc(F)c2C1. The van der Waals surface area contributed by atoms with Gasteiger partial charge in [0.25, 0.3) is 0 Å². The highest BCUT2D eigenvalue weighted by Gasteiger charge is 2.17. The summed E-state index contributed by atoms with van der Waals surface area (Å²) < 4.78 is 13.4. The predicted molar refractivity (Wildman–Crippen MR) is 51.1 cm³/mol. The molecule has 0 N–H and O–H groups in total. The van der Waals surface area contributed by atoms with Gasteiger partial charge in [-0.1, -0.05) is 19.1 Å². The smallest absolute Gasteiger partial charge is 0.127 e. The van der Waals surface area contributed by atoms with Crippen molar-refractivity contribution in [1.29, 1.82) is 0 Å². The van der Waals surface area contributed by atoms with E-state index in [1.165, 1.54) is 5.56 Å². The van der Waals surface area contributed by atoms with E-state index >= 15 is 0 Å². The molecule has 1 heterocycles. The molecule has 0 bridgehead atoms. The number of hydrogen-bond acceptors (Lipinski definition) is 1. The zero-order valence-corrected chi connectivity index (χ0v) is 7.89. The van der Waals surface area contributed by atoms with Crippen LogP contribution in [0.5, 0.6) is 0 Å². The van der Waals surface area contributed by atoms with E-state index < -0.39 is 0 Å². The summed E-state index contributed by atoms with van der Waals surface area (Å²) in [6.07, 6.45) is 0.987. The maximum Gasteiger partial charge on any atom is 0.127 e. The molecule has 0 spiro atoms. The number of benzene rings is 1. The van der Waals surface area contributed by atoms with E-state index in [-0.39, 0.29) is 5.82 Å². The van der Waals surface area contributed by atoms with Gasteiger partial charge in [-0.05, 0) is 24.6 Å². The van der Waals surface area contributed by atoms with Gasteiger partial charge in [0.05, 0.1) is 0 Å². The van der Waals surface area contributed by atoms with Gasteiger partial charge in [-0.2, -0.15) is 0 Å². The van der Waals surface area contributed by atoms with Crippen molar-refractivity contribution in [2.75, 3.05) is 13.1 Å². The first-order chi connectivity index (χ1) is 6.31. The van der Waals surface area contributed by atoms with Crippen molar-refractivity contribution in [1.82, 2.24) is 4.90 Å². The molecule has 70 valence electrons. The minimum Gasteiger partial charge on any atom is -0.299 e. The third-order valence-corrected chi connectivity index (χ3v) is 2.74. The summed E-state index contributed by atoms with van der Waals surface area (Å²) in [6.45, 7) is 4.96. The number of nitrogens with zero attached hydrogens (tertiary/aromatic N) is 1. The van der Waals surface area contributed by atoms with Gasteiger partial charge in [0.15, 0.2) is 0 Å². The summed E-state index contributed by atoms with van der Waals surface area (Å²) in [7, 11) is 0. The van der Waals surface area contributed by atoms with Crippen molar-refractivity contribution in [2.24, 2.45) is 0 Å². The lowest BCUT2D eigenvalue weighted by molar-refractivity contribution is 0.263. The van der Waals surface area contributed by atoms with Crippen LogP contribution in [0, 0.1) is 5.82 Å². The maximum atomic E-state index is 13.4. The van der Waals surface area contributed by atoms with Crippen LogP contribution in [0.25, 0.3) is 0 Å². The molecule has 1 nitrogen and oxygen atoms in total. The van der Waals surface area contributed by atoms with Crippen molar-refractivity contribution >= 4 is 0 Å². The molecule has 1 aromatic rings. The Labute approximate surface area is 78.2 Å². The highest BCUT2D eigenvalue weighted by Crippen LogP contribution is 2.20. The van der Waals surface area contributed by atoms with Gasteiger partial charge in [-0.25, -0.2) is 4.39 Å². The Hall–Kier alpha value is -0.890. The van der Waals surface area contributed by atoms with Crippen LogP contribution < -0.4 is 0 Å². The molecule has 1 aliphatic heterocycles. The van der Waals surface area contributed by atoms with E-state index in [2.05, 4.69) is 11.8 Å². The Bertz CT molecular complexity index is 309. The van der Waals surface area contributed by atoms with Gasteiger partial charge >= 0.3 is 0 Å². The fraction of sp³-hybridized carbons (Fsp3) is 0.455. The topological polar surface area (TPSA) is 3.24 Å². The average molecular weight is 179 g/mol. The van der Waals surface area contributed by atoms with Crippen LogP contribution in [0.1, 0.15) is 18.1 Å². The highest BCUT2D eigenvalue weighted by molar-refractivity contribution is 5.30. The molecule has 1 aliphatic rings. The van der Waals surface area contributed by atoms with Gasteiger partial charge < -0.3 is 0 Å². The van der Waals surface area contributed by atoms with Crippen molar-refractivity contribution in [3.63, 3.8) is 0 Å². The third kappa shape index (κ3) is 1.59. The molecule has 1 aromatic carbocycles. The number of halogens is 1. The van der Waals surface area contributed by atoms with E-state index in [1.807, 2.05) is 6.07 Å². The van der Waals surface area contributed by atoms with Crippen LogP contribution in [0.15, 0.2) is 18.2 Å². The lowest BCUT2D eigenvalue weighted by atomic mass is 9.99. The number of likely N-dealkylation sites (N-methyl/N-ethyl adjacent to an activating group) is 1. The summed E-state index contributed by atoms with van der Waals surface area (Å²) in [4.78, 5) is 2.27. The van der Waals surface area contributed by atoms with Crippen LogP contribution in [0.4, 0.5) is 4.39 Å². The second-order valence-corrected chi connectivity index (χ2v) is 3.50. The van der Waals surface area contributed by atoms with Crippen LogP contribution in [-0.4, -0.2) is 18.0 Å². The first-order valence-electron chi connectivity index (χ1n) is 4.80. The molecule has 0 saturated carbocycles. The average Bonchev–Trinajstić information content (AvgIpc) is 2.18. The summed E-state index contributed by atoms with van der Waals surface area (Å²) >= 11 is 0. The Morgan fingerprint density at radius 1 is 1.46 bits per heavy atom. The third-order valence-electron chi connectivity index (χ3n) is 2.74. The molecule has 0 unspecified atom stereocenters. The highest BCUT2D eigenvalue weighted by atomic mass is 19.1. The Morgan fingerprint density at radius 3 is 3.08 bits per heavy atom. The minimum absolute atomic E-state index is 0.0457. The van der Waals surface area contributed by atoms with Gasteiger partial charge in [0.1, 0.15) is 5.82 Å². The maximum absolute atomic E-state index is 13.4. The summed E-state index contributed by atoms with van der Waals surface area (Å²) in [5.74, 6) is -0.0457. The summed E-state index contributed by atoms with van der Waals surface area (Å²) in [5.41, 5.74) is 2.08. The molecule has 0 aliphatic carbocycles. The summed E-state index contributed by atoms with van der Waals surface area (Å²) in [6, 6.07) is 5.39. The standard InChI is InChI=1S/C11H14FN/c1-2-13-7-6-9-4-3-5-11(12)10(9)8-13/h3-5H,2,6-8H2,1H3. The van der Waals surface area contributed by atoms with Gasteiger partial charge in [0, 0.05) is 18.7 Å². The molecule has 2 rings (SSSR count). The van der Waals surface area contributed by atoms with Crippen LogP contribution >= 0.6 is 0 Å². The van der Waals surface area contributed by atoms with E-state index in [0.29, 0.717) is 0 Å². The Balaban J connectivity index is 2.32. The molecule has 0 fully saturated rings. The van der Waals surface area contributed by atoms with Crippen LogP contribution in [-0.2, 0) is 13.0 Å². The normalized spacial score (nSPS) is 17.1. The van der Waals surface area contributed by atoms with Gasteiger partial charge in [-0.3, -0.25) is 4.90 Å². The Kier molecular flexibility index (Phi) is 2.32. The fourth-order valence-electron chi connectivity index (χ4n) is 1.87. The summed E-state index contributed by atoms with van der Waals surface area (Å²) in [5, 5.41) is 0. The second-order valence-electron chi connectivity index (χ2n) is 3.50. The van der Waals surface area contributed by atoms with Crippen LogP contribution in [0.3, 0.4) is 0 Å². The van der Waals surface area contributed by atoms with E-state index in [9.17, 15) is 4.39 Å². The first kappa shape index (κ1) is 8.70. The number of fused-ring (bicyclic) bond motifs is 1. The van der Waals surface area contributed by atoms with E-state index in [1.54, 1.807) is 12.1 Å². The fourth-order valence-corrected chi connectivity index (χ4v) is 1.87. The minimum atomic E-state index is -0.0457. The van der Waals surface area contributed by atoms with Crippen molar-refractivity contribution in [3.05, 3.63) is 35.1 Å². The number of hydrogen-bond donors (Lipinski definition) is 0. The van der Waals surface area contributed by atoms with Crippen LogP contribution in [0.2, 0.25) is 0 Å². The molecule has 13 heavy (non-hydrogen) atoms. The lowest BCUT2D eigenvalue weighted by Gasteiger charge is -2.27. The molecule has 0 radical (unpaired) electrons. The molecule has 0 saturated heterocycles. The molecule has 2 heteroatoms. The quantitative estimate of drug-likeness (QED) is 0.639. The Morgan fingerprint density at radius 2 is 2.31 bits per heavy atom. The molecule has 0 aromatic heterocycles. The van der Waals surface area contributed by atoms with Crippen molar-refractivity contribution < 1.29 is 4.39 Å². The largest absolute Gasteiger partial charge is 0.299 e. The van der Waals surface area contributed by atoms with E-state index in [0.717, 1.165) is 31.6 Å². The van der Waals surface area contributed by atoms with Crippen molar-refractivity contribution in [3.8, 4) is 0 Å². The van der Waals surface area contributed by atoms with E-state index in [4.69, 9.17) is 0 Å². The zero-order valence-electron chi connectivity index (χ0n) is 7.89. The molecule has 0 amide bonds. The lowest BCUT2D eigenvalue weighted by Crippen LogP contribution is -2.30. The number of rotatable bonds is 1. The molecule has 0 atom stereocenters. The molecular weight excluding hydrogens is 165 g/mol.